The van der Waals surface area contributed by atoms with Crippen molar-refractivity contribution >= 4 is 46.6 Å². The van der Waals surface area contributed by atoms with Gasteiger partial charge in [0.05, 0.1) is 11.5 Å². The average Bonchev–Trinajstić information content (AvgIpc) is 2.42. The Hall–Kier alpha value is -1.17. The van der Waals surface area contributed by atoms with Crippen LogP contribution in [0.25, 0.3) is 0 Å². The van der Waals surface area contributed by atoms with Gasteiger partial charge in [-0.25, -0.2) is 4.79 Å². The molecular weight excluding hydrogens is 331 g/mol. The lowest BCUT2D eigenvalue weighted by atomic mass is 10.2. The zero-order valence-electron chi connectivity index (χ0n) is 11.7. The van der Waals surface area contributed by atoms with E-state index in [0.717, 1.165) is 0 Å². The Morgan fingerprint density at radius 3 is 2.33 bits per heavy atom. The van der Waals surface area contributed by atoms with E-state index in [1.165, 1.54) is 11.8 Å². The highest BCUT2D eigenvalue weighted by atomic mass is 35.5. The molecule has 114 valence electrons. The summed E-state index contributed by atoms with van der Waals surface area (Å²) in [5.74, 6) is -0.704. The molecule has 0 unspecified atom stereocenters. The van der Waals surface area contributed by atoms with Gasteiger partial charge in [-0.1, -0.05) is 41.9 Å². The predicted octanol–water partition coefficient (Wildman–Crippen LogP) is 4.25. The van der Waals surface area contributed by atoms with Crippen LogP contribution < -0.4 is 5.73 Å². The standard InChI is InChI=1S/C14H16Cl2N2O2S/c1-3-11(17)13(12(18)14(19)20-4-2)21-10-6-8(15)5-9(16)7-10/h5-7,18H,3-4,17H2,1-2H3/b13-11+,18-12?. The molecule has 0 radical (unpaired) electrons. The minimum absolute atomic E-state index is 0.203. The van der Waals surface area contributed by atoms with Crippen LogP contribution in [0.15, 0.2) is 33.7 Å². The quantitative estimate of drug-likeness (QED) is 0.458. The molecule has 0 saturated carbocycles. The maximum Gasteiger partial charge on any atom is 0.357 e. The maximum absolute atomic E-state index is 11.7. The lowest BCUT2D eigenvalue weighted by molar-refractivity contribution is -0.135. The van der Waals surface area contributed by atoms with Crippen LogP contribution in [0.5, 0.6) is 0 Å². The van der Waals surface area contributed by atoms with Crippen molar-refractivity contribution in [2.45, 2.75) is 25.2 Å². The highest BCUT2D eigenvalue weighted by Gasteiger charge is 2.20. The van der Waals surface area contributed by atoms with E-state index >= 15 is 0 Å². The molecule has 0 atom stereocenters. The predicted molar refractivity (Wildman–Crippen MR) is 88.2 cm³/mol. The summed E-state index contributed by atoms with van der Waals surface area (Å²) in [6.45, 7) is 3.73. The van der Waals surface area contributed by atoms with Crippen molar-refractivity contribution in [3.8, 4) is 0 Å². The largest absolute Gasteiger partial charge is 0.461 e. The fourth-order valence-electron chi connectivity index (χ4n) is 1.44. The van der Waals surface area contributed by atoms with Gasteiger partial charge in [-0.2, -0.15) is 0 Å². The minimum Gasteiger partial charge on any atom is -0.461 e. The highest BCUT2D eigenvalue weighted by Crippen LogP contribution is 2.33. The molecule has 4 nitrogen and oxygen atoms in total. The van der Waals surface area contributed by atoms with Gasteiger partial charge in [-0.15, -0.1) is 0 Å². The number of benzene rings is 1. The molecule has 1 aromatic carbocycles. The van der Waals surface area contributed by atoms with Crippen molar-refractivity contribution in [1.82, 2.24) is 0 Å². The van der Waals surface area contributed by atoms with Crippen LogP contribution >= 0.6 is 35.0 Å². The molecule has 1 aromatic rings. The van der Waals surface area contributed by atoms with E-state index in [0.29, 0.717) is 32.0 Å². The Morgan fingerprint density at radius 1 is 1.29 bits per heavy atom. The molecule has 3 N–H and O–H groups in total. The molecule has 0 aliphatic rings. The summed E-state index contributed by atoms with van der Waals surface area (Å²) in [5, 5.41) is 8.89. The SMILES string of the molecule is CCOC(=O)C(=N)/C(Sc1cc(Cl)cc(Cl)c1)=C(\N)CC. The Kier molecular flexibility index (Phi) is 7.08. The smallest absolute Gasteiger partial charge is 0.357 e. The molecule has 0 aliphatic carbocycles. The lowest BCUT2D eigenvalue weighted by Crippen LogP contribution is -2.20. The molecule has 7 heteroatoms. The molecule has 0 heterocycles. The van der Waals surface area contributed by atoms with E-state index in [1.54, 1.807) is 25.1 Å². The topological polar surface area (TPSA) is 76.2 Å². The summed E-state index contributed by atoms with van der Waals surface area (Å²) in [7, 11) is 0. The fraction of sp³-hybridized carbons (Fsp3) is 0.286. The summed E-state index contributed by atoms with van der Waals surface area (Å²) in [4.78, 5) is 12.8. The van der Waals surface area contributed by atoms with Crippen molar-refractivity contribution in [3.63, 3.8) is 0 Å². The van der Waals surface area contributed by atoms with Crippen LogP contribution in [0.3, 0.4) is 0 Å². The molecule has 0 fully saturated rings. The van der Waals surface area contributed by atoms with Crippen LogP contribution in [-0.2, 0) is 9.53 Å². The van der Waals surface area contributed by atoms with E-state index in [1.807, 2.05) is 6.92 Å². The van der Waals surface area contributed by atoms with E-state index < -0.39 is 5.97 Å². The molecule has 1 rings (SSSR count). The first kappa shape index (κ1) is 17.9. The van der Waals surface area contributed by atoms with Gasteiger partial charge < -0.3 is 10.5 Å². The maximum atomic E-state index is 11.7. The number of halogens is 2. The van der Waals surface area contributed by atoms with Crippen molar-refractivity contribution in [1.29, 1.82) is 5.41 Å². The Bertz CT molecular complexity index is 568. The Labute approximate surface area is 138 Å². The number of rotatable bonds is 6. The molecule has 0 spiro atoms. The third-order valence-electron chi connectivity index (χ3n) is 2.44. The molecule has 0 aliphatic heterocycles. The van der Waals surface area contributed by atoms with Gasteiger partial charge in [0.1, 0.15) is 0 Å². The number of carbonyl (C=O) groups excluding carboxylic acids is 1. The van der Waals surface area contributed by atoms with E-state index in [9.17, 15) is 4.79 Å². The molecular formula is C14H16Cl2N2O2S. The minimum atomic E-state index is -0.704. The van der Waals surface area contributed by atoms with Gasteiger partial charge >= 0.3 is 5.97 Å². The number of ether oxygens (including phenoxy) is 1. The summed E-state index contributed by atoms with van der Waals surface area (Å²) in [5.41, 5.74) is 6.09. The number of carbonyl (C=O) groups is 1. The number of nitrogens with two attached hydrogens (primary N) is 1. The van der Waals surface area contributed by atoms with Gasteiger partial charge in [0.15, 0.2) is 5.71 Å². The monoisotopic (exact) mass is 346 g/mol. The number of nitrogens with one attached hydrogen (secondary N) is 1. The Balaban J connectivity index is 3.11. The van der Waals surface area contributed by atoms with Gasteiger partial charge in [0, 0.05) is 20.6 Å². The Morgan fingerprint density at radius 2 is 1.86 bits per heavy atom. The second-order valence-corrected chi connectivity index (χ2v) is 5.97. The number of hydrogen-bond acceptors (Lipinski definition) is 5. The first-order valence-electron chi connectivity index (χ1n) is 6.27. The van der Waals surface area contributed by atoms with E-state index in [4.69, 9.17) is 39.1 Å². The second-order valence-electron chi connectivity index (χ2n) is 4.01. The van der Waals surface area contributed by atoms with Crippen molar-refractivity contribution < 1.29 is 9.53 Å². The zero-order chi connectivity index (χ0) is 16.0. The first-order chi connectivity index (χ1) is 9.88. The van der Waals surface area contributed by atoms with Gasteiger partial charge in [-0.3, -0.25) is 5.41 Å². The van der Waals surface area contributed by atoms with Crippen LogP contribution in [-0.4, -0.2) is 18.3 Å². The first-order valence-corrected chi connectivity index (χ1v) is 7.84. The summed E-state index contributed by atoms with van der Waals surface area (Å²) >= 11 is 13.1. The number of esters is 1. The van der Waals surface area contributed by atoms with Crippen molar-refractivity contribution in [2.24, 2.45) is 5.73 Å². The molecule has 0 aromatic heterocycles. The number of thioether (sulfide) groups is 1. The third-order valence-corrected chi connectivity index (χ3v) is 4.01. The van der Waals surface area contributed by atoms with Crippen LogP contribution in [0, 0.1) is 5.41 Å². The fourth-order valence-corrected chi connectivity index (χ4v) is 3.16. The van der Waals surface area contributed by atoms with E-state index in [-0.39, 0.29) is 12.3 Å². The molecule has 0 saturated heterocycles. The van der Waals surface area contributed by atoms with E-state index in [2.05, 4.69) is 0 Å². The average molecular weight is 347 g/mol. The number of allylic oxidation sites excluding steroid dienone is 1. The number of hydrogen-bond donors (Lipinski definition) is 2. The highest BCUT2D eigenvalue weighted by molar-refractivity contribution is 8.04. The van der Waals surface area contributed by atoms with Crippen LogP contribution in [0.1, 0.15) is 20.3 Å². The lowest BCUT2D eigenvalue weighted by Gasteiger charge is -2.12. The van der Waals surface area contributed by atoms with Crippen LogP contribution in [0.2, 0.25) is 10.0 Å². The van der Waals surface area contributed by atoms with Gasteiger partial charge in [-0.05, 0) is 31.5 Å². The van der Waals surface area contributed by atoms with Crippen molar-refractivity contribution in [2.75, 3.05) is 6.61 Å². The third kappa shape index (κ3) is 5.26. The second kappa shape index (κ2) is 8.32. The molecule has 21 heavy (non-hydrogen) atoms. The van der Waals surface area contributed by atoms with Crippen molar-refractivity contribution in [3.05, 3.63) is 38.8 Å². The van der Waals surface area contributed by atoms with Gasteiger partial charge in [0.25, 0.3) is 0 Å². The summed E-state index contributed by atoms with van der Waals surface area (Å²) in [6, 6.07) is 5.00. The molecule has 0 amide bonds. The molecule has 0 bridgehead atoms. The zero-order valence-corrected chi connectivity index (χ0v) is 14.0. The summed E-state index contributed by atoms with van der Waals surface area (Å²) < 4.78 is 4.85. The summed E-state index contributed by atoms with van der Waals surface area (Å²) in [6.07, 6.45) is 0.512. The normalized spacial score (nSPS) is 11.8. The van der Waals surface area contributed by atoms with Gasteiger partial charge in [0.2, 0.25) is 0 Å². The van der Waals surface area contributed by atoms with Crippen LogP contribution in [0.4, 0.5) is 0 Å².